The zero-order chi connectivity index (χ0) is 16.1. The van der Waals surface area contributed by atoms with Crippen molar-refractivity contribution in [2.24, 2.45) is 0 Å². The summed E-state index contributed by atoms with van der Waals surface area (Å²) in [6.07, 6.45) is 0. The first-order valence-electron chi connectivity index (χ1n) is 6.96. The molecular weight excluding hydrogens is 304 g/mol. The Morgan fingerprint density at radius 1 is 1.23 bits per heavy atom. The van der Waals surface area contributed by atoms with Crippen molar-refractivity contribution >= 4 is 23.4 Å². The molecule has 0 unspecified atom stereocenters. The number of carbonyl (C=O) groups is 2. The average molecular weight is 321 g/mol. The monoisotopic (exact) mass is 320 g/mol. The first-order chi connectivity index (χ1) is 10.5. The second-order valence-electron chi connectivity index (χ2n) is 4.73. The van der Waals surface area contributed by atoms with Crippen LogP contribution in [0.1, 0.15) is 24.4 Å². The zero-order valence-electron chi connectivity index (χ0n) is 12.4. The van der Waals surface area contributed by atoms with E-state index in [4.69, 9.17) is 16.0 Å². The number of amides is 2. The van der Waals surface area contributed by atoms with Crippen LogP contribution in [0.5, 0.6) is 0 Å². The molecule has 1 atom stereocenters. The number of hydrogen-bond donors (Lipinski definition) is 2. The number of halogens is 1. The topological polar surface area (TPSA) is 71.3 Å². The predicted molar refractivity (Wildman–Crippen MR) is 84.8 cm³/mol. The molecule has 0 aliphatic rings. The van der Waals surface area contributed by atoms with Crippen LogP contribution in [0.15, 0.2) is 40.8 Å². The van der Waals surface area contributed by atoms with Crippen LogP contribution in [-0.4, -0.2) is 24.4 Å². The van der Waals surface area contributed by atoms with Gasteiger partial charge in [0, 0.05) is 12.1 Å². The minimum Gasteiger partial charge on any atom is -0.451 e. The van der Waals surface area contributed by atoms with Crippen LogP contribution in [0.3, 0.4) is 0 Å². The standard InChI is InChI=1S/C16H17ClN2O3/c1-3-18-15(20)10(2)19-16(21)14-9-8-13(22-14)11-6-4-5-7-12(11)17/h4-10H,3H2,1-2H3,(H,18,20)(H,19,21)/t10-/m1/s1. The Morgan fingerprint density at radius 2 is 1.95 bits per heavy atom. The van der Waals surface area contributed by atoms with Gasteiger partial charge in [-0.15, -0.1) is 0 Å². The molecule has 0 saturated heterocycles. The number of benzene rings is 1. The predicted octanol–water partition coefficient (Wildman–Crippen LogP) is 2.85. The molecule has 2 amide bonds. The van der Waals surface area contributed by atoms with E-state index in [1.807, 2.05) is 19.1 Å². The number of hydrogen-bond acceptors (Lipinski definition) is 3. The van der Waals surface area contributed by atoms with Crippen LogP contribution in [0, 0.1) is 0 Å². The van der Waals surface area contributed by atoms with Crippen molar-refractivity contribution in [2.75, 3.05) is 6.54 Å². The molecule has 22 heavy (non-hydrogen) atoms. The zero-order valence-corrected chi connectivity index (χ0v) is 13.1. The van der Waals surface area contributed by atoms with Crippen molar-refractivity contribution in [2.45, 2.75) is 19.9 Å². The van der Waals surface area contributed by atoms with Crippen LogP contribution in [0.4, 0.5) is 0 Å². The Hall–Kier alpha value is -2.27. The smallest absolute Gasteiger partial charge is 0.287 e. The van der Waals surface area contributed by atoms with E-state index in [9.17, 15) is 9.59 Å². The van der Waals surface area contributed by atoms with Gasteiger partial charge in [0.15, 0.2) is 5.76 Å². The van der Waals surface area contributed by atoms with Gasteiger partial charge in [0.05, 0.1) is 5.02 Å². The van der Waals surface area contributed by atoms with Gasteiger partial charge >= 0.3 is 0 Å². The fourth-order valence-electron chi connectivity index (χ4n) is 1.93. The van der Waals surface area contributed by atoms with Gasteiger partial charge in [-0.2, -0.15) is 0 Å². The van der Waals surface area contributed by atoms with Gasteiger partial charge in [0.25, 0.3) is 5.91 Å². The quantitative estimate of drug-likeness (QED) is 0.890. The highest BCUT2D eigenvalue weighted by atomic mass is 35.5. The van der Waals surface area contributed by atoms with Gasteiger partial charge in [-0.05, 0) is 38.1 Å². The molecule has 2 N–H and O–H groups in total. The van der Waals surface area contributed by atoms with Crippen LogP contribution in [0.2, 0.25) is 5.02 Å². The molecule has 6 heteroatoms. The highest BCUT2D eigenvalue weighted by Gasteiger charge is 2.19. The maximum Gasteiger partial charge on any atom is 0.287 e. The number of rotatable bonds is 5. The van der Waals surface area contributed by atoms with E-state index in [0.29, 0.717) is 22.9 Å². The third kappa shape index (κ3) is 3.68. The molecule has 0 saturated carbocycles. The Bertz CT molecular complexity index is 682. The van der Waals surface area contributed by atoms with E-state index in [0.717, 1.165) is 0 Å². The second-order valence-corrected chi connectivity index (χ2v) is 5.14. The molecule has 2 rings (SSSR count). The van der Waals surface area contributed by atoms with E-state index < -0.39 is 11.9 Å². The number of nitrogens with one attached hydrogen (secondary N) is 2. The molecule has 0 bridgehead atoms. The second kappa shape index (κ2) is 7.13. The number of likely N-dealkylation sites (N-methyl/N-ethyl adjacent to an activating group) is 1. The maximum absolute atomic E-state index is 12.1. The maximum atomic E-state index is 12.1. The highest BCUT2D eigenvalue weighted by Crippen LogP contribution is 2.28. The summed E-state index contributed by atoms with van der Waals surface area (Å²) in [6.45, 7) is 3.94. The lowest BCUT2D eigenvalue weighted by atomic mass is 10.2. The van der Waals surface area contributed by atoms with Crippen molar-refractivity contribution < 1.29 is 14.0 Å². The molecule has 1 aromatic carbocycles. The third-order valence-corrected chi connectivity index (χ3v) is 3.39. The summed E-state index contributed by atoms with van der Waals surface area (Å²) in [7, 11) is 0. The van der Waals surface area contributed by atoms with Gasteiger partial charge < -0.3 is 15.1 Å². The van der Waals surface area contributed by atoms with Crippen molar-refractivity contribution in [3.05, 3.63) is 47.2 Å². The first kappa shape index (κ1) is 16.1. The third-order valence-electron chi connectivity index (χ3n) is 3.06. The fourth-order valence-corrected chi connectivity index (χ4v) is 2.16. The summed E-state index contributed by atoms with van der Waals surface area (Å²) in [5.74, 6) is -0.0572. The van der Waals surface area contributed by atoms with E-state index in [2.05, 4.69) is 10.6 Å². The molecule has 116 valence electrons. The van der Waals surface area contributed by atoms with E-state index in [1.54, 1.807) is 31.2 Å². The Labute approximate surface area is 133 Å². The Balaban J connectivity index is 2.10. The molecule has 0 aliphatic heterocycles. The Kier molecular flexibility index (Phi) is 5.22. The molecule has 2 aromatic rings. The molecule has 1 aromatic heterocycles. The van der Waals surface area contributed by atoms with Crippen LogP contribution in [-0.2, 0) is 4.79 Å². The van der Waals surface area contributed by atoms with Gasteiger partial charge in [-0.3, -0.25) is 9.59 Å². The number of furan rings is 1. The van der Waals surface area contributed by atoms with Gasteiger partial charge in [0.1, 0.15) is 11.8 Å². The minimum atomic E-state index is -0.638. The van der Waals surface area contributed by atoms with Crippen LogP contribution >= 0.6 is 11.6 Å². The van der Waals surface area contributed by atoms with Gasteiger partial charge in [-0.25, -0.2) is 0 Å². The van der Waals surface area contributed by atoms with E-state index >= 15 is 0 Å². The fraction of sp³-hybridized carbons (Fsp3) is 0.250. The molecule has 5 nitrogen and oxygen atoms in total. The molecular formula is C16H17ClN2O3. The molecule has 0 aliphatic carbocycles. The lowest BCUT2D eigenvalue weighted by Crippen LogP contribution is -2.44. The first-order valence-corrected chi connectivity index (χ1v) is 7.34. The molecule has 0 spiro atoms. The molecule has 1 heterocycles. The lowest BCUT2D eigenvalue weighted by molar-refractivity contribution is -0.122. The van der Waals surface area contributed by atoms with Crippen molar-refractivity contribution in [3.8, 4) is 11.3 Å². The summed E-state index contributed by atoms with van der Waals surface area (Å²) in [6, 6.07) is 9.79. The van der Waals surface area contributed by atoms with Crippen LogP contribution < -0.4 is 10.6 Å². The summed E-state index contributed by atoms with van der Waals surface area (Å²) in [4.78, 5) is 23.7. The summed E-state index contributed by atoms with van der Waals surface area (Å²) < 4.78 is 5.52. The lowest BCUT2D eigenvalue weighted by Gasteiger charge is -2.12. The SMILES string of the molecule is CCNC(=O)[C@@H](C)NC(=O)c1ccc(-c2ccccc2Cl)o1. The summed E-state index contributed by atoms with van der Waals surface area (Å²) >= 11 is 6.09. The number of carbonyl (C=O) groups excluding carboxylic acids is 2. The van der Waals surface area contributed by atoms with Crippen molar-refractivity contribution in [1.29, 1.82) is 0 Å². The Morgan fingerprint density at radius 3 is 2.64 bits per heavy atom. The molecule has 0 radical (unpaired) electrons. The summed E-state index contributed by atoms with van der Waals surface area (Å²) in [5.41, 5.74) is 0.708. The van der Waals surface area contributed by atoms with E-state index in [1.165, 1.54) is 0 Å². The van der Waals surface area contributed by atoms with Crippen molar-refractivity contribution in [1.82, 2.24) is 10.6 Å². The minimum absolute atomic E-state index is 0.131. The molecule has 0 fully saturated rings. The summed E-state index contributed by atoms with van der Waals surface area (Å²) in [5, 5.41) is 5.76. The van der Waals surface area contributed by atoms with Crippen molar-refractivity contribution in [3.63, 3.8) is 0 Å². The normalized spacial score (nSPS) is 11.8. The van der Waals surface area contributed by atoms with Gasteiger partial charge in [-0.1, -0.05) is 23.7 Å². The largest absolute Gasteiger partial charge is 0.451 e. The average Bonchev–Trinajstić information content (AvgIpc) is 2.97. The van der Waals surface area contributed by atoms with Crippen LogP contribution in [0.25, 0.3) is 11.3 Å². The van der Waals surface area contributed by atoms with Gasteiger partial charge in [0.2, 0.25) is 5.91 Å². The van der Waals surface area contributed by atoms with E-state index in [-0.39, 0.29) is 11.7 Å². The highest BCUT2D eigenvalue weighted by molar-refractivity contribution is 6.33.